The zero-order valence-corrected chi connectivity index (χ0v) is 12.9. The van der Waals surface area contributed by atoms with Crippen LogP contribution in [0.1, 0.15) is 25.5 Å². The Labute approximate surface area is 125 Å². The Morgan fingerprint density at radius 3 is 2.90 bits per heavy atom. The second-order valence-electron chi connectivity index (χ2n) is 6.04. The highest BCUT2D eigenvalue weighted by molar-refractivity contribution is 5.73. The Balaban J connectivity index is 1.65. The number of fused-ring (bicyclic) bond motifs is 1. The molecule has 2 unspecified atom stereocenters. The van der Waals surface area contributed by atoms with E-state index in [9.17, 15) is 4.79 Å². The van der Waals surface area contributed by atoms with Gasteiger partial charge in [-0.05, 0) is 12.8 Å². The lowest BCUT2D eigenvalue weighted by Gasteiger charge is -2.39. The highest BCUT2D eigenvalue weighted by Gasteiger charge is 2.35. The van der Waals surface area contributed by atoms with Gasteiger partial charge in [-0.3, -0.25) is 9.69 Å². The average Bonchev–Trinajstić information content (AvgIpc) is 2.75. The van der Waals surface area contributed by atoms with Gasteiger partial charge < -0.3 is 14.2 Å². The minimum absolute atomic E-state index is 0.174. The molecule has 0 bridgehead atoms. The number of carbonyl (C=O) groups excluding carboxylic acids is 1. The Morgan fingerprint density at radius 2 is 2.19 bits per heavy atom. The van der Waals surface area contributed by atoms with Crippen LogP contribution in [0.2, 0.25) is 0 Å². The predicted molar refractivity (Wildman–Crippen MR) is 78.6 cm³/mol. The number of ether oxygens (including phenoxy) is 1. The SMILES string of the molecule is CC(=O)N1CCOC2CCN(Cc3cncn3C)CCC21. The topological polar surface area (TPSA) is 50.6 Å². The number of carbonyl (C=O) groups is 1. The van der Waals surface area contributed by atoms with Gasteiger partial charge in [0.2, 0.25) is 5.91 Å². The van der Waals surface area contributed by atoms with E-state index >= 15 is 0 Å². The summed E-state index contributed by atoms with van der Waals surface area (Å²) in [6.45, 7) is 6.00. The lowest BCUT2D eigenvalue weighted by Crippen LogP contribution is -2.52. The molecule has 0 radical (unpaired) electrons. The molecule has 1 aromatic rings. The van der Waals surface area contributed by atoms with Gasteiger partial charge in [-0.25, -0.2) is 4.98 Å². The van der Waals surface area contributed by atoms with Crippen LogP contribution < -0.4 is 0 Å². The standard InChI is InChI=1S/C15H24N4O2/c1-12(20)19-7-8-21-15-4-6-18(5-3-14(15)19)10-13-9-16-11-17(13)2/h9,11,14-15H,3-8,10H2,1-2H3. The first-order valence-corrected chi connectivity index (χ1v) is 7.71. The summed E-state index contributed by atoms with van der Waals surface area (Å²) in [6, 6.07) is 0.243. The molecule has 0 aliphatic carbocycles. The Kier molecular flexibility index (Phi) is 4.26. The largest absolute Gasteiger partial charge is 0.374 e. The summed E-state index contributed by atoms with van der Waals surface area (Å²) < 4.78 is 7.98. The molecular weight excluding hydrogens is 268 g/mol. The lowest BCUT2D eigenvalue weighted by atomic mass is 10.0. The van der Waals surface area contributed by atoms with Crippen LogP contribution in [-0.2, 0) is 23.1 Å². The van der Waals surface area contributed by atoms with E-state index in [1.807, 2.05) is 24.5 Å². The fraction of sp³-hybridized carbons (Fsp3) is 0.733. The number of rotatable bonds is 2. The van der Waals surface area contributed by atoms with Crippen LogP contribution in [0.25, 0.3) is 0 Å². The normalized spacial score (nSPS) is 27.2. The van der Waals surface area contributed by atoms with Crippen LogP contribution in [0.5, 0.6) is 0 Å². The third-order valence-electron chi connectivity index (χ3n) is 4.67. The zero-order valence-electron chi connectivity index (χ0n) is 12.9. The molecule has 0 spiro atoms. The lowest BCUT2D eigenvalue weighted by molar-refractivity contribution is -0.144. The van der Waals surface area contributed by atoms with Crippen molar-refractivity contribution < 1.29 is 9.53 Å². The van der Waals surface area contributed by atoms with Crippen molar-refractivity contribution in [1.29, 1.82) is 0 Å². The average molecular weight is 292 g/mol. The van der Waals surface area contributed by atoms with Crippen LogP contribution in [0, 0.1) is 0 Å². The van der Waals surface area contributed by atoms with Crippen molar-refractivity contribution in [1.82, 2.24) is 19.4 Å². The van der Waals surface area contributed by atoms with Crippen molar-refractivity contribution in [3.05, 3.63) is 18.2 Å². The van der Waals surface area contributed by atoms with Crippen LogP contribution in [0.4, 0.5) is 0 Å². The Hall–Kier alpha value is -1.40. The summed E-state index contributed by atoms with van der Waals surface area (Å²) >= 11 is 0. The number of amides is 1. The highest BCUT2D eigenvalue weighted by atomic mass is 16.5. The highest BCUT2D eigenvalue weighted by Crippen LogP contribution is 2.24. The van der Waals surface area contributed by atoms with Crippen LogP contribution in [-0.4, -0.2) is 63.6 Å². The van der Waals surface area contributed by atoms with Gasteiger partial charge in [0, 0.05) is 46.3 Å². The molecule has 2 aliphatic heterocycles. The van der Waals surface area contributed by atoms with Gasteiger partial charge in [0.15, 0.2) is 0 Å². The second kappa shape index (κ2) is 6.15. The maximum Gasteiger partial charge on any atom is 0.219 e. The molecule has 6 nitrogen and oxygen atoms in total. The molecule has 6 heteroatoms. The van der Waals surface area contributed by atoms with Crippen LogP contribution >= 0.6 is 0 Å². The van der Waals surface area contributed by atoms with Gasteiger partial charge in [0.05, 0.1) is 30.8 Å². The van der Waals surface area contributed by atoms with Crippen molar-refractivity contribution in [2.45, 2.75) is 38.5 Å². The van der Waals surface area contributed by atoms with Crippen molar-refractivity contribution in [2.24, 2.45) is 7.05 Å². The summed E-state index contributed by atoms with van der Waals surface area (Å²) in [5.74, 6) is 0.174. The van der Waals surface area contributed by atoms with Crippen molar-refractivity contribution >= 4 is 5.91 Å². The van der Waals surface area contributed by atoms with E-state index in [0.29, 0.717) is 6.61 Å². The van der Waals surface area contributed by atoms with Gasteiger partial charge in [-0.2, -0.15) is 0 Å². The van der Waals surface area contributed by atoms with E-state index in [-0.39, 0.29) is 18.1 Å². The van der Waals surface area contributed by atoms with Crippen molar-refractivity contribution in [3.8, 4) is 0 Å². The molecule has 2 fully saturated rings. The maximum atomic E-state index is 11.8. The number of nitrogens with zero attached hydrogens (tertiary/aromatic N) is 4. The monoisotopic (exact) mass is 292 g/mol. The fourth-order valence-corrected chi connectivity index (χ4v) is 3.45. The first-order chi connectivity index (χ1) is 10.1. The molecule has 2 saturated heterocycles. The summed E-state index contributed by atoms with van der Waals surface area (Å²) in [5.41, 5.74) is 1.23. The number of hydrogen-bond acceptors (Lipinski definition) is 4. The van der Waals surface area contributed by atoms with E-state index in [4.69, 9.17) is 4.74 Å². The van der Waals surface area contributed by atoms with Crippen LogP contribution in [0.15, 0.2) is 12.5 Å². The molecule has 3 rings (SSSR count). The first kappa shape index (κ1) is 14.5. The summed E-state index contributed by atoms with van der Waals surface area (Å²) in [7, 11) is 2.03. The molecule has 2 aliphatic rings. The number of morpholine rings is 1. The quantitative estimate of drug-likeness (QED) is 0.802. The minimum Gasteiger partial charge on any atom is -0.374 e. The third kappa shape index (κ3) is 3.11. The molecule has 0 saturated carbocycles. The molecule has 1 amide bonds. The predicted octanol–water partition coefficient (Wildman–Crippen LogP) is 0.632. The zero-order chi connectivity index (χ0) is 14.8. The summed E-state index contributed by atoms with van der Waals surface area (Å²) in [4.78, 5) is 20.4. The molecular formula is C15H24N4O2. The second-order valence-corrected chi connectivity index (χ2v) is 6.04. The molecule has 2 atom stereocenters. The maximum absolute atomic E-state index is 11.8. The number of likely N-dealkylation sites (tertiary alicyclic amines) is 1. The van der Waals surface area contributed by atoms with E-state index in [1.165, 1.54) is 5.69 Å². The van der Waals surface area contributed by atoms with E-state index in [0.717, 1.165) is 39.0 Å². The number of aromatic nitrogens is 2. The number of hydrogen-bond donors (Lipinski definition) is 0. The minimum atomic E-state index is 0.174. The van der Waals surface area contributed by atoms with E-state index < -0.39 is 0 Å². The van der Waals surface area contributed by atoms with Gasteiger partial charge in [-0.15, -0.1) is 0 Å². The molecule has 116 valence electrons. The fourth-order valence-electron chi connectivity index (χ4n) is 3.45. The Morgan fingerprint density at radius 1 is 1.38 bits per heavy atom. The first-order valence-electron chi connectivity index (χ1n) is 7.71. The van der Waals surface area contributed by atoms with Gasteiger partial charge in [0.1, 0.15) is 0 Å². The molecule has 0 N–H and O–H groups in total. The summed E-state index contributed by atoms with van der Waals surface area (Å²) in [6.07, 6.45) is 5.94. The molecule has 3 heterocycles. The summed E-state index contributed by atoms with van der Waals surface area (Å²) in [5, 5.41) is 0. The van der Waals surface area contributed by atoms with Gasteiger partial charge in [-0.1, -0.05) is 0 Å². The smallest absolute Gasteiger partial charge is 0.219 e. The van der Waals surface area contributed by atoms with Crippen molar-refractivity contribution in [2.75, 3.05) is 26.2 Å². The molecule has 21 heavy (non-hydrogen) atoms. The molecule has 1 aromatic heterocycles. The van der Waals surface area contributed by atoms with Gasteiger partial charge >= 0.3 is 0 Å². The van der Waals surface area contributed by atoms with Crippen LogP contribution in [0.3, 0.4) is 0 Å². The number of aryl methyl sites for hydroxylation is 1. The number of imidazole rings is 1. The van der Waals surface area contributed by atoms with Crippen molar-refractivity contribution in [3.63, 3.8) is 0 Å². The third-order valence-corrected chi connectivity index (χ3v) is 4.67. The molecule has 0 aromatic carbocycles. The van der Waals surface area contributed by atoms with E-state index in [2.05, 4.69) is 14.5 Å². The Bertz CT molecular complexity index is 502. The van der Waals surface area contributed by atoms with E-state index in [1.54, 1.807) is 6.92 Å². The van der Waals surface area contributed by atoms with Gasteiger partial charge in [0.25, 0.3) is 0 Å².